The highest BCUT2D eigenvalue weighted by molar-refractivity contribution is 9.10. The number of benzene rings is 2. The van der Waals surface area contributed by atoms with E-state index in [4.69, 9.17) is 4.42 Å². The molecule has 84 valence electrons. The molecule has 4 nitrogen and oxygen atoms in total. The third-order valence-electron chi connectivity index (χ3n) is 2.63. The maximum atomic E-state index is 10.9. The maximum Gasteiger partial charge on any atom is 0.312 e. The van der Waals surface area contributed by atoms with Gasteiger partial charge < -0.3 is 4.42 Å². The van der Waals surface area contributed by atoms with E-state index in [2.05, 4.69) is 15.9 Å². The van der Waals surface area contributed by atoms with Gasteiger partial charge in [-0.15, -0.1) is 0 Å². The van der Waals surface area contributed by atoms with Crippen molar-refractivity contribution in [2.45, 2.75) is 0 Å². The summed E-state index contributed by atoms with van der Waals surface area (Å²) in [5.74, 6) is 0. The SMILES string of the molecule is O=[N+]([O-])c1cccc2c1oc1ccc(Br)cc12. The van der Waals surface area contributed by atoms with Crippen molar-refractivity contribution in [3.8, 4) is 0 Å². The van der Waals surface area contributed by atoms with Gasteiger partial charge in [0.15, 0.2) is 0 Å². The van der Waals surface area contributed by atoms with Gasteiger partial charge in [0, 0.05) is 21.3 Å². The molecule has 0 aliphatic carbocycles. The topological polar surface area (TPSA) is 56.3 Å². The first-order valence-electron chi connectivity index (χ1n) is 4.92. The molecule has 0 spiro atoms. The first-order valence-corrected chi connectivity index (χ1v) is 5.71. The standard InChI is InChI=1S/C12H6BrNO3/c13-7-4-5-11-9(6-7)8-2-1-3-10(14(15)16)12(8)17-11/h1-6H. The number of non-ortho nitro benzene ring substituents is 1. The smallest absolute Gasteiger partial charge is 0.312 e. The summed E-state index contributed by atoms with van der Waals surface area (Å²) in [7, 11) is 0. The van der Waals surface area contributed by atoms with Crippen LogP contribution in [0.15, 0.2) is 45.3 Å². The Kier molecular flexibility index (Phi) is 2.16. The van der Waals surface area contributed by atoms with Crippen molar-refractivity contribution < 1.29 is 9.34 Å². The van der Waals surface area contributed by atoms with Crippen LogP contribution in [0, 0.1) is 10.1 Å². The van der Waals surface area contributed by atoms with Crippen LogP contribution in [-0.2, 0) is 0 Å². The zero-order valence-corrected chi connectivity index (χ0v) is 10.1. The number of para-hydroxylation sites is 1. The molecule has 2 aromatic carbocycles. The first kappa shape index (κ1) is 10.3. The fourth-order valence-electron chi connectivity index (χ4n) is 1.90. The van der Waals surface area contributed by atoms with Crippen molar-refractivity contribution in [1.29, 1.82) is 0 Å². The fourth-order valence-corrected chi connectivity index (χ4v) is 2.26. The summed E-state index contributed by atoms with van der Waals surface area (Å²) in [4.78, 5) is 10.5. The average molecular weight is 292 g/mol. The molecule has 3 aromatic rings. The van der Waals surface area contributed by atoms with Crippen LogP contribution in [0.2, 0.25) is 0 Å². The van der Waals surface area contributed by atoms with Gasteiger partial charge in [-0.2, -0.15) is 0 Å². The molecule has 0 aliphatic rings. The average Bonchev–Trinajstić information content (AvgIpc) is 2.66. The molecular formula is C12H6BrNO3. The normalized spacial score (nSPS) is 11.1. The molecule has 0 amide bonds. The Morgan fingerprint density at radius 2 is 2.00 bits per heavy atom. The monoisotopic (exact) mass is 291 g/mol. The van der Waals surface area contributed by atoms with Crippen molar-refractivity contribution in [2.24, 2.45) is 0 Å². The molecule has 0 atom stereocenters. The van der Waals surface area contributed by atoms with Crippen LogP contribution in [0.5, 0.6) is 0 Å². The van der Waals surface area contributed by atoms with Gasteiger partial charge in [-0.3, -0.25) is 10.1 Å². The fraction of sp³-hybridized carbons (Fsp3) is 0. The number of halogens is 1. The van der Waals surface area contributed by atoms with E-state index < -0.39 is 4.92 Å². The highest BCUT2D eigenvalue weighted by atomic mass is 79.9. The van der Waals surface area contributed by atoms with Crippen molar-refractivity contribution in [3.63, 3.8) is 0 Å². The molecule has 0 radical (unpaired) electrons. The Hall–Kier alpha value is -1.88. The van der Waals surface area contributed by atoms with Crippen LogP contribution in [0.25, 0.3) is 21.9 Å². The summed E-state index contributed by atoms with van der Waals surface area (Å²) in [5, 5.41) is 12.5. The third kappa shape index (κ3) is 1.51. The van der Waals surface area contributed by atoms with Gasteiger partial charge in [-0.05, 0) is 24.3 Å². The van der Waals surface area contributed by atoms with Gasteiger partial charge >= 0.3 is 5.69 Å². The lowest BCUT2D eigenvalue weighted by Crippen LogP contribution is -1.86. The van der Waals surface area contributed by atoms with E-state index >= 15 is 0 Å². The van der Waals surface area contributed by atoms with Crippen molar-refractivity contribution in [3.05, 3.63) is 51.0 Å². The number of furan rings is 1. The van der Waals surface area contributed by atoms with Crippen LogP contribution in [0.4, 0.5) is 5.69 Å². The molecule has 0 fully saturated rings. The lowest BCUT2D eigenvalue weighted by Gasteiger charge is -1.91. The van der Waals surface area contributed by atoms with Crippen LogP contribution >= 0.6 is 15.9 Å². The van der Waals surface area contributed by atoms with Crippen LogP contribution in [0.3, 0.4) is 0 Å². The summed E-state index contributed by atoms with van der Waals surface area (Å²) in [6, 6.07) is 10.5. The van der Waals surface area contributed by atoms with Gasteiger partial charge in [0.05, 0.1) is 4.92 Å². The molecule has 17 heavy (non-hydrogen) atoms. The van der Waals surface area contributed by atoms with Gasteiger partial charge in [0.2, 0.25) is 5.58 Å². The van der Waals surface area contributed by atoms with Crippen molar-refractivity contribution in [2.75, 3.05) is 0 Å². The summed E-state index contributed by atoms with van der Waals surface area (Å²) in [6.07, 6.45) is 0. The number of nitro benzene ring substituents is 1. The van der Waals surface area contributed by atoms with Crippen LogP contribution in [-0.4, -0.2) is 4.92 Å². The Labute approximate surface area is 104 Å². The van der Waals surface area contributed by atoms with Crippen molar-refractivity contribution in [1.82, 2.24) is 0 Å². The molecule has 0 saturated carbocycles. The number of hydrogen-bond acceptors (Lipinski definition) is 3. The Bertz CT molecular complexity index is 748. The largest absolute Gasteiger partial charge is 0.449 e. The van der Waals surface area contributed by atoms with Gasteiger partial charge in [-0.1, -0.05) is 22.0 Å². The zero-order valence-electron chi connectivity index (χ0n) is 8.51. The molecule has 5 heteroatoms. The Morgan fingerprint density at radius 3 is 2.76 bits per heavy atom. The van der Waals surface area contributed by atoms with Gasteiger partial charge in [0.1, 0.15) is 5.58 Å². The van der Waals surface area contributed by atoms with E-state index in [9.17, 15) is 10.1 Å². The van der Waals surface area contributed by atoms with Gasteiger partial charge in [0.25, 0.3) is 0 Å². The van der Waals surface area contributed by atoms with E-state index in [0.29, 0.717) is 11.2 Å². The molecule has 0 unspecified atom stereocenters. The number of nitro groups is 1. The van der Waals surface area contributed by atoms with E-state index in [0.717, 1.165) is 15.2 Å². The molecule has 0 aliphatic heterocycles. The minimum absolute atomic E-state index is 0.00479. The number of fused-ring (bicyclic) bond motifs is 3. The molecule has 3 rings (SSSR count). The summed E-state index contributed by atoms with van der Waals surface area (Å²) < 4.78 is 6.45. The second kappa shape index (κ2) is 3.56. The maximum absolute atomic E-state index is 10.9. The second-order valence-electron chi connectivity index (χ2n) is 3.65. The third-order valence-corrected chi connectivity index (χ3v) is 3.13. The predicted molar refractivity (Wildman–Crippen MR) is 68.1 cm³/mol. The van der Waals surface area contributed by atoms with Crippen LogP contribution in [0.1, 0.15) is 0 Å². The van der Waals surface area contributed by atoms with E-state index in [1.165, 1.54) is 6.07 Å². The predicted octanol–water partition coefficient (Wildman–Crippen LogP) is 4.26. The van der Waals surface area contributed by atoms with E-state index in [-0.39, 0.29) is 5.69 Å². The molecule has 0 bridgehead atoms. The lowest BCUT2D eigenvalue weighted by molar-refractivity contribution is -0.383. The highest BCUT2D eigenvalue weighted by Crippen LogP contribution is 2.35. The van der Waals surface area contributed by atoms with Crippen LogP contribution < -0.4 is 0 Å². The lowest BCUT2D eigenvalue weighted by atomic mass is 10.1. The highest BCUT2D eigenvalue weighted by Gasteiger charge is 2.17. The van der Waals surface area contributed by atoms with E-state index in [1.54, 1.807) is 12.1 Å². The number of nitrogens with zero attached hydrogens (tertiary/aromatic N) is 1. The number of hydrogen-bond donors (Lipinski definition) is 0. The zero-order chi connectivity index (χ0) is 12.0. The molecular weight excluding hydrogens is 286 g/mol. The van der Waals surface area contributed by atoms with E-state index in [1.807, 2.05) is 18.2 Å². The first-order chi connectivity index (χ1) is 8.16. The number of rotatable bonds is 1. The Balaban J connectivity index is 2.51. The molecule has 1 heterocycles. The minimum atomic E-state index is -0.431. The summed E-state index contributed by atoms with van der Waals surface area (Å²) >= 11 is 3.37. The minimum Gasteiger partial charge on any atom is -0.449 e. The Morgan fingerprint density at radius 1 is 1.18 bits per heavy atom. The van der Waals surface area contributed by atoms with Crippen molar-refractivity contribution >= 4 is 43.6 Å². The quantitative estimate of drug-likeness (QED) is 0.497. The molecule has 1 aromatic heterocycles. The molecule has 0 N–H and O–H groups in total. The second-order valence-corrected chi connectivity index (χ2v) is 4.57. The molecule has 0 saturated heterocycles. The summed E-state index contributed by atoms with van der Waals surface area (Å²) in [6.45, 7) is 0. The summed E-state index contributed by atoms with van der Waals surface area (Å²) in [5.41, 5.74) is 0.970. The van der Waals surface area contributed by atoms with Gasteiger partial charge in [-0.25, -0.2) is 0 Å².